The molecule has 0 aliphatic rings. The van der Waals surface area contributed by atoms with E-state index < -0.39 is 0 Å². The molecule has 1 heterocycles. The summed E-state index contributed by atoms with van der Waals surface area (Å²) in [5.41, 5.74) is 2.28. The Hall–Kier alpha value is -2.36. The van der Waals surface area contributed by atoms with Crippen LogP contribution in [0.5, 0.6) is 0 Å². The van der Waals surface area contributed by atoms with Crippen LogP contribution in [0.25, 0.3) is 0 Å². The van der Waals surface area contributed by atoms with Crippen molar-refractivity contribution in [2.45, 2.75) is 19.9 Å². The number of amides is 1. The number of benzene rings is 1. The number of pyridine rings is 1. The van der Waals surface area contributed by atoms with Gasteiger partial charge in [-0.05, 0) is 30.5 Å². The maximum absolute atomic E-state index is 11.8. The van der Waals surface area contributed by atoms with Crippen LogP contribution in [0.15, 0.2) is 53.5 Å². The maximum Gasteiger partial charge on any atom is 0.250 e. The lowest BCUT2D eigenvalue weighted by Crippen LogP contribution is -2.32. The largest absolute Gasteiger partial charge is 0.354 e. The smallest absolute Gasteiger partial charge is 0.250 e. The summed E-state index contributed by atoms with van der Waals surface area (Å²) in [4.78, 5) is 23.2. The lowest BCUT2D eigenvalue weighted by Gasteiger charge is -2.08. The summed E-state index contributed by atoms with van der Waals surface area (Å²) >= 11 is 0. The first-order valence-corrected chi connectivity index (χ1v) is 6.63. The second kappa shape index (κ2) is 6.70. The Labute approximate surface area is 118 Å². The van der Waals surface area contributed by atoms with Gasteiger partial charge in [-0.1, -0.05) is 30.3 Å². The molecule has 0 aliphatic heterocycles. The van der Waals surface area contributed by atoms with Crippen LogP contribution < -0.4 is 10.9 Å². The Morgan fingerprint density at radius 1 is 1.15 bits per heavy atom. The fourth-order valence-electron chi connectivity index (χ4n) is 2.03. The highest BCUT2D eigenvalue weighted by Gasteiger charge is 2.03. The SMILES string of the molecule is Cc1ccccc1CCNC(=O)Cn1ccccc1=O. The van der Waals surface area contributed by atoms with Gasteiger partial charge < -0.3 is 9.88 Å². The lowest BCUT2D eigenvalue weighted by atomic mass is 10.1. The number of nitrogens with one attached hydrogen (secondary N) is 1. The number of hydrogen-bond donors (Lipinski definition) is 1. The Morgan fingerprint density at radius 3 is 2.65 bits per heavy atom. The fraction of sp³-hybridized carbons (Fsp3) is 0.250. The van der Waals surface area contributed by atoms with Gasteiger partial charge in [-0.3, -0.25) is 9.59 Å². The van der Waals surface area contributed by atoms with Crippen LogP contribution >= 0.6 is 0 Å². The zero-order valence-corrected chi connectivity index (χ0v) is 11.5. The third kappa shape index (κ3) is 3.82. The van der Waals surface area contributed by atoms with E-state index in [-0.39, 0.29) is 18.0 Å². The topological polar surface area (TPSA) is 51.1 Å². The number of carbonyl (C=O) groups excluding carboxylic acids is 1. The van der Waals surface area contributed by atoms with Crippen LogP contribution in [0.3, 0.4) is 0 Å². The van der Waals surface area contributed by atoms with Gasteiger partial charge in [0.25, 0.3) is 5.56 Å². The van der Waals surface area contributed by atoms with Crippen molar-refractivity contribution in [3.8, 4) is 0 Å². The summed E-state index contributed by atoms with van der Waals surface area (Å²) in [6, 6.07) is 13.0. The van der Waals surface area contributed by atoms with Crippen molar-refractivity contribution < 1.29 is 4.79 Å². The maximum atomic E-state index is 11.8. The Kier molecular flexibility index (Phi) is 4.71. The minimum absolute atomic E-state index is 0.0629. The van der Waals surface area contributed by atoms with Gasteiger partial charge in [-0.2, -0.15) is 0 Å². The molecule has 0 spiro atoms. The van der Waals surface area contributed by atoms with Crippen molar-refractivity contribution >= 4 is 5.91 Å². The highest BCUT2D eigenvalue weighted by atomic mass is 16.2. The van der Waals surface area contributed by atoms with Crippen molar-refractivity contribution in [1.82, 2.24) is 9.88 Å². The lowest BCUT2D eigenvalue weighted by molar-refractivity contribution is -0.121. The highest BCUT2D eigenvalue weighted by Crippen LogP contribution is 2.06. The van der Waals surface area contributed by atoms with Gasteiger partial charge in [0.1, 0.15) is 6.54 Å². The summed E-state index contributed by atoms with van der Waals surface area (Å²) in [5, 5.41) is 2.84. The van der Waals surface area contributed by atoms with Crippen molar-refractivity contribution in [3.05, 3.63) is 70.1 Å². The van der Waals surface area contributed by atoms with Crippen molar-refractivity contribution in [3.63, 3.8) is 0 Å². The van der Waals surface area contributed by atoms with Crippen LogP contribution in [0.4, 0.5) is 0 Å². The van der Waals surface area contributed by atoms with Gasteiger partial charge >= 0.3 is 0 Å². The molecule has 4 nitrogen and oxygen atoms in total. The van der Waals surface area contributed by atoms with Gasteiger partial charge in [0.15, 0.2) is 0 Å². The minimum Gasteiger partial charge on any atom is -0.354 e. The predicted molar refractivity (Wildman–Crippen MR) is 78.6 cm³/mol. The quantitative estimate of drug-likeness (QED) is 0.895. The van der Waals surface area contributed by atoms with Crippen molar-refractivity contribution in [2.24, 2.45) is 0 Å². The average molecular weight is 270 g/mol. The van der Waals surface area contributed by atoms with Gasteiger partial charge in [-0.25, -0.2) is 0 Å². The molecule has 0 radical (unpaired) electrons. The molecule has 0 saturated heterocycles. The zero-order valence-electron chi connectivity index (χ0n) is 11.5. The summed E-state index contributed by atoms with van der Waals surface area (Å²) < 4.78 is 1.39. The summed E-state index contributed by atoms with van der Waals surface area (Å²) in [6.07, 6.45) is 2.41. The van der Waals surface area contributed by atoms with Crippen LogP contribution in [-0.4, -0.2) is 17.0 Å². The fourth-order valence-corrected chi connectivity index (χ4v) is 2.03. The van der Waals surface area contributed by atoms with E-state index in [9.17, 15) is 9.59 Å². The average Bonchev–Trinajstić information content (AvgIpc) is 2.43. The minimum atomic E-state index is -0.165. The molecular weight excluding hydrogens is 252 g/mol. The molecule has 20 heavy (non-hydrogen) atoms. The van der Waals surface area contributed by atoms with E-state index >= 15 is 0 Å². The van der Waals surface area contributed by atoms with E-state index in [0.29, 0.717) is 6.54 Å². The van der Waals surface area contributed by atoms with Gasteiger partial charge in [-0.15, -0.1) is 0 Å². The molecule has 0 saturated carbocycles. The third-order valence-electron chi connectivity index (χ3n) is 3.19. The number of hydrogen-bond acceptors (Lipinski definition) is 2. The molecule has 0 fully saturated rings. The monoisotopic (exact) mass is 270 g/mol. The Bertz CT molecular complexity index is 647. The predicted octanol–water partition coefficient (Wildman–Crippen LogP) is 1.52. The van der Waals surface area contributed by atoms with Gasteiger partial charge in [0.2, 0.25) is 5.91 Å². The van der Waals surface area contributed by atoms with Crippen LogP contribution in [0.1, 0.15) is 11.1 Å². The molecule has 1 aromatic heterocycles. The highest BCUT2D eigenvalue weighted by molar-refractivity contribution is 5.75. The van der Waals surface area contributed by atoms with E-state index in [1.54, 1.807) is 18.3 Å². The Balaban J connectivity index is 1.83. The van der Waals surface area contributed by atoms with Crippen LogP contribution in [0.2, 0.25) is 0 Å². The second-order valence-electron chi connectivity index (χ2n) is 4.69. The van der Waals surface area contributed by atoms with E-state index in [1.165, 1.54) is 21.8 Å². The van der Waals surface area contributed by atoms with E-state index in [0.717, 1.165) is 6.42 Å². The van der Waals surface area contributed by atoms with E-state index in [1.807, 2.05) is 12.1 Å². The number of aryl methyl sites for hydroxylation is 1. The number of aromatic nitrogens is 1. The molecular formula is C16H18N2O2. The first kappa shape index (κ1) is 14.1. The summed E-state index contributed by atoms with van der Waals surface area (Å²) in [7, 11) is 0. The van der Waals surface area contributed by atoms with Gasteiger partial charge in [0.05, 0.1) is 0 Å². The van der Waals surface area contributed by atoms with Crippen LogP contribution in [-0.2, 0) is 17.8 Å². The zero-order chi connectivity index (χ0) is 14.4. The summed E-state index contributed by atoms with van der Waals surface area (Å²) in [5.74, 6) is -0.146. The van der Waals surface area contributed by atoms with E-state index in [2.05, 4.69) is 24.4 Å². The molecule has 0 atom stereocenters. The molecule has 0 unspecified atom stereocenters. The summed E-state index contributed by atoms with van der Waals surface area (Å²) in [6.45, 7) is 2.69. The standard InChI is InChI=1S/C16H18N2O2/c1-13-6-2-3-7-14(13)9-10-17-15(19)12-18-11-5-4-8-16(18)20/h2-8,11H,9-10,12H2,1H3,(H,17,19). The molecule has 104 valence electrons. The van der Waals surface area contributed by atoms with Crippen LogP contribution in [0, 0.1) is 6.92 Å². The van der Waals surface area contributed by atoms with Crippen molar-refractivity contribution in [2.75, 3.05) is 6.54 Å². The van der Waals surface area contributed by atoms with Crippen molar-refractivity contribution in [1.29, 1.82) is 0 Å². The molecule has 1 N–H and O–H groups in total. The molecule has 1 aromatic carbocycles. The molecule has 1 amide bonds. The van der Waals surface area contributed by atoms with Gasteiger partial charge in [0, 0.05) is 18.8 Å². The van der Waals surface area contributed by atoms with E-state index in [4.69, 9.17) is 0 Å². The Morgan fingerprint density at radius 2 is 1.90 bits per heavy atom. The first-order valence-electron chi connectivity index (χ1n) is 6.63. The molecule has 0 bridgehead atoms. The third-order valence-corrected chi connectivity index (χ3v) is 3.19. The molecule has 2 aromatic rings. The number of rotatable bonds is 5. The second-order valence-corrected chi connectivity index (χ2v) is 4.69. The molecule has 0 aliphatic carbocycles. The molecule has 2 rings (SSSR count). The first-order chi connectivity index (χ1) is 9.66. The normalized spacial score (nSPS) is 10.2. The number of carbonyl (C=O) groups is 1. The molecule has 4 heteroatoms. The number of nitrogens with zero attached hydrogens (tertiary/aromatic N) is 1.